The van der Waals surface area contributed by atoms with Gasteiger partial charge in [0.05, 0.1) is 5.01 Å². The predicted octanol–water partition coefficient (Wildman–Crippen LogP) is 2.29. The zero-order valence-corrected chi connectivity index (χ0v) is 15.6. The van der Waals surface area contributed by atoms with Gasteiger partial charge in [0.25, 0.3) is 0 Å². The van der Waals surface area contributed by atoms with E-state index in [-0.39, 0.29) is 0 Å². The van der Waals surface area contributed by atoms with E-state index in [1.165, 1.54) is 35.7 Å². The fraction of sp³-hybridized carbons (Fsp3) is 0.765. The SMILES string of the molecule is CCc1cnc(CCNC(=NC)NCCN2CCCCC2C)s1. The molecule has 0 aliphatic carbocycles. The van der Waals surface area contributed by atoms with Gasteiger partial charge in [-0.15, -0.1) is 11.3 Å². The second kappa shape index (κ2) is 9.88. The van der Waals surface area contributed by atoms with Gasteiger partial charge in [-0.2, -0.15) is 0 Å². The number of nitrogens with zero attached hydrogens (tertiary/aromatic N) is 3. The van der Waals surface area contributed by atoms with E-state index in [0.717, 1.165) is 44.5 Å². The Morgan fingerprint density at radius 1 is 1.39 bits per heavy atom. The van der Waals surface area contributed by atoms with Crippen molar-refractivity contribution in [2.45, 2.75) is 52.0 Å². The summed E-state index contributed by atoms with van der Waals surface area (Å²) in [6.45, 7) is 8.65. The Hall–Kier alpha value is -1.14. The van der Waals surface area contributed by atoms with Crippen LogP contribution in [0.25, 0.3) is 0 Å². The lowest BCUT2D eigenvalue weighted by molar-refractivity contribution is 0.163. The molecule has 1 saturated heterocycles. The smallest absolute Gasteiger partial charge is 0.191 e. The zero-order valence-electron chi connectivity index (χ0n) is 14.8. The van der Waals surface area contributed by atoms with Gasteiger partial charge < -0.3 is 10.6 Å². The lowest BCUT2D eigenvalue weighted by Gasteiger charge is -2.33. The fourth-order valence-corrected chi connectivity index (χ4v) is 3.81. The summed E-state index contributed by atoms with van der Waals surface area (Å²) in [6.07, 6.45) is 8.07. The van der Waals surface area contributed by atoms with Crippen molar-refractivity contribution in [1.82, 2.24) is 20.5 Å². The number of aromatic nitrogens is 1. The number of rotatable bonds is 7. The highest BCUT2D eigenvalue weighted by molar-refractivity contribution is 7.11. The summed E-state index contributed by atoms with van der Waals surface area (Å²) in [5.74, 6) is 0.891. The molecule has 23 heavy (non-hydrogen) atoms. The van der Waals surface area contributed by atoms with Gasteiger partial charge >= 0.3 is 0 Å². The molecule has 1 unspecified atom stereocenters. The first-order valence-corrected chi connectivity index (χ1v) is 9.66. The minimum Gasteiger partial charge on any atom is -0.356 e. The van der Waals surface area contributed by atoms with E-state index in [0.29, 0.717) is 0 Å². The third-order valence-corrected chi connectivity index (χ3v) is 5.64. The summed E-state index contributed by atoms with van der Waals surface area (Å²) < 4.78 is 0. The van der Waals surface area contributed by atoms with Gasteiger partial charge in [-0.1, -0.05) is 13.3 Å². The molecule has 130 valence electrons. The highest BCUT2D eigenvalue weighted by Crippen LogP contribution is 2.15. The average molecular weight is 338 g/mol. The number of likely N-dealkylation sites (tertiary alicyclic amines) is 1. The summed E-state index contributed by atoms with van der Waals surface area (Å²) in [4.78, 5) is 12.7. The molecule has 0 bridgehead atoms. The van der Waals surface area contributed by atoms with Crippen molar-refractivity contribution >= 4 is 17.3 Å². The van der Waals surface area contributed by atoms with E-state index in [1.807, 2.05) is 24.6 Å². The minimum absolute atomic E-state index is 0.721. The molecule has 1 fully saturated rings. The Kier molecular flexibility index (Phi) is 7.82. The maximum Gasteiger partial charge on any atom is 0.191 e. The Morgan fingerprint density at radius 2 is 2.22 bits per heavy atom. The van der Waals surface area contributed by atoms with Gasteiger partial charge in [-0.3, -0.25) is 9.89 Å². The number of aliphatic imine (C=N–C) groups is 1. The topological polar surface area (TPSA) is 52.6 Å². The molecule has 6 heteroatoms. The first kappa shape index (κ1) is 18.2. The van der Waals surface area contributed by atoms with Crippen LogP contribution in [0, 0.1) is 0 Å². The molecular weight excluding hydrogens is 306 g/mol. The Bertz CT molecular complexity index is 485. The van der Waals surface area contributed by atoms with Crippen LogP contribution in [0.4, 0.5) is 0 Å². The van der Waals surface area contributed by atoms with Crippen LogP contribution in [0.5, 0.6) is 0 Å². The number of piperidine rings is 1. The largest absolute Gasteiger partial charge is 0.356 e. The Morgan fingerprint density at radius 3 is 2.91 bits per heavy atom. The highest BCUT2D eigenvalue weighted by atomic mass is 32.1. The third-order valence-electron chi connectivity index (χ3n) is 4.44. The summed E-state index contributed by atoms with van der Waals surface area (Å²) in [7, 11) is 1.83. The quantitative estimate of drug-likeness (QED) is 0.592. The van der Waals surface area contributed by atoms with E-state index >= 15 is 0 Å². The van der Waals surface area contributed by atoms with Crippen molar-refractivity contribution in [3.63, 3.8) is 0 Å². The minimum atomic E-state index is 0.721. The molecule has 2 N–H and O–H groups in total. The Labute approximate surface area is 144 Å². The molecule has 0 radical (unpaired) electrons. The number of hydrogen-bond donors (Lipinski definition) is 2. The van der Waals surface area contributed by atoms with Crippen LogP contribution in [0.2, 0.25) is 0 Å². The van der Waals surface area contributed by atoms with Gasteiger partial charge in [0.1, 0.15) is 0 Å². The number of aryl methyl sites for hydroxylation is 1. The van der Waals surface area contributed by atoms with Gasteiger partial charge in [0, 0.05) is 50.2 Å². The van der Waals surface area contributed by atoms with Gasteiger partial charge in [-0.25, -0.2) is 4.98 Å². The highest BCUT2D eigenvalue weighted by Gasteiger charge is 2.17. The second-order valence-electron chi connectivity index (χ2n) is 6.13. The van der Waals surface area contributed by atoms with E-state index in [1.54, 1.807) is 0 Å². The van der Waals surface area contributed by atoms with Crippen molar-refractivity contribution in [1.29, 1.82) is 0 Å². The summed E-state index contributed by atoms with van der Waals surface area (Å²) in [5.41, 5.74) is 0. The normalized spacial score (nSPS) is 19.8. The van der Waals surface area contributed by atoms with Crippen LogP contribution in [-0.2, 0) is 12.8 Å². The maximum atomic E-state index is 4.45. The summed E-state index contributed by atoms with van der Waals surface area (Å²) in [5, 5.41) is 8.00. The van der Waals surface area contributed by atoms with E-state index in [9.17, 15) is 0 Å². The van der Waals surface area contributed by atoms with E-state index < -0.39 is 0 Å². The molecule has 2 heterocycles. The second-order valence-corrected chi connectivity index (χ2v) is 7.33. The van der Waals surface area contributed by atoms with Gasteiger partial charge in [0.2, 0.25) is 0 Å². The number of thiazole rings is 1. The van der Waals surface area contributed by atoms with Crippen molar-refractivity contribution in [2.75, 3.05) is 33.2 Å². The third kappa shape index (κ3) is 6.11. The van der Waals surface area contributed by atoms with Crippen molar-refractivity contribution < 1.29 is 0 Å². The molecule has 0 saturated carbocycles. The van der Waals surface area contributed by atoms with Crippen LogP contribution in [-0.4, -0.2) is 55.1 Å². The lowest BCUT2D eigenvalue weighted by Crippen LogP contribution is -2.45. The van der Waals surface area contributed by atoms with Crippen molar-refractivity contribution in [2.24, 2.45) is 4.99 Å². The predicted molar refractivity (Wildman–Crippen MR) is 99.4 cm³/mol. The molecule has 1 aliphatic heterocycles. The average Bonchev–Trinajstić information content (AvgIpc) is 3.03. The van der Waals surface area contributed by atoms with Crippen molar-refractivity contribution in [3.05, 3.63) is 16.1 Å². The lowest BCUT2D eigenvalue weighted by atomic mass is 10.0. The molecule has 0 spiro atoms. The molecule has 5 nitrogen and oxygen atoms in total. The first-order valence-electron chi connectivity index (χ1n) is 8.85. The van der Waals surface area contributed by atoms with Gasteiger partial charge in [-0.05, 0) is 32.7 Å². The zero-order chi connectivity index (χ0) is 16.5. The van der Waals surface area contributed by atoms with Gasteiger partial charge in [0.15, 0.2) is 5.96 Å². The molecule has 1 aromatic rings. The number of nitrogens with one attached hydrogen (secondary N) is 2. The fourth-order valence-electron chi connectivity index (χ4n) is 2.94. The van der Waals surface area contributed by atoms with Crippen LogP contribution in [0.15, 0.2) is 11.2 Å². The molecule has 1 aromatic heterocycles. The first-order chi connectivity index (χ1) is 11.2. The van der Waals surface area contributed by atoms with E-state index in [2.05, 4.69) is 39.4 Å². The molecule has 2 rings (SSSR count). The van der Waals surface area contributed by atoms with Crippen molar-refractivity contribution in [3.8, 4) is 0 Å². The maximum absolute atomic E-state index is 4.45. The Balaban J connectivity index is 1.63. The molecule has 1 aliphatic rings. The molecule has 0 amide bonds. The van der Waals surface area contributed by atoms with Crippen LogP contribution >= 0.6 is 11.3 Å². The van der Waals surface area contributed by atoms with Crippen LogP contribution in [0.1, 0.15) is 43.0 Å². The molecular formula is C17H31N5S. The monoisotopic (exact) mass is 337 g/mol. The van der Waals surface area contributed by atoms with Crippen LogP contribution < -0.4 is 10.6 Å². The number of guanidine groups is 1. The molecule has 0 aromatic carbocycles. The van der Waals surface area contributed by atoms with E-state index in [4.69, 9.17) is 0 Å². The standard InChI is InChI=1S/C17H31N5S/c1-4-15-13-21-16(23-15)8-9-19-17(18-3)20-10-12-22-11-6-5-7-14(22)2/h13-14H,4-12H2,1-3H3,(H2,18,19,20). The summed E-state index contributed by atoms with van der Waals surface area (Å²) >= 11 is 1.81. The summed E-state index contributed by atoms with van der Waals surface area (Å²) in [6, 6.07) is 0.721. The van der Waals surface area contributed by atoms with Crippen LogP contribution in [0.3, 0.4) is 0 Å². The number of hydrogen-bond acceptors (Lipinski definition) is 4. The molecule has 1 atom stereocenters.